The molecule has 0 N–H and O–H groups in total. The first-order valence-corrected chi connectivity index (χ1v) is 7.87. The molecule has 0 saturated heterocycles. The minimum atomic E-state index is 1.17. The van der Waals surface area contributed by atoms with E-state index in [4.69, 9.17) is 0 Å². The summed E-state index contributed by atoms with van der Waals surface area (Å²) in [6.07, 6.45) is 16.8. The van der Waals surface area contributed by atoms with Crippen molar-refractivity contribution >= 4 is 0 Å². The molecule has 0 saturated carbocycles. The molecule has 0 aromatic heterocycles. The lowest BCUT2D eigenvalue weighted by molar-refractivity contribution is 1.15. The third-order valence-electron chi connectivity index (χ3n) is 3.65. The monoisotopic (exact) mass is 282 g/mol. The molecule has 0 spiro atoms. The van der Waals surface area contributed by atoms with E-state index in [9.17, 15) is 0 Å². The molecule has 21 heavy (non-hydrogen) atoms. The van der Waals surface area contributed by atoms with Gasteiger partial charge >= 0.3 is 0 Å². The van der Waals surface area contributed by atoms with Gasteiger partial charge in [0.15, 0.2) is 0 Å². The van der Waals surface area contributed by atoms with E-state index in [1.165, 1.54) is 52.7 Å². The molecule has 0 amide bonds. The Bertz CT molecular complexity index is 493. The van der Waals surface area contributed by atoms with Gasteiger partial charge in [0, 0.05) is 0 Å². The highest BCUT2D eigenvalue weighted by atomic mass is 14.0. The van der Waals surface area contributed by atoms with Gasteiger partial charge in [-0.3, -0.25) is 0 Å². The van der Waals surface area contributed by atoms with Crippen LogP contribution in [0.15, 0.2) is 69.9 Å². The third-order valence-corrected chi connectivity index (χ3v) is 3.65. The maximum absolute atomic E-state index is 2.25. The maximum atomic E-state index is 2.25. The highest BCUT2D eigenvalue weighted by molar-refractivity contribution is 5.30. The van der Waals surface area contributed by atoms with Crippen molar-refractivity contribution in [1.29, 1.82) is 0 Å². The van der Waals surface area contributed by atoms with Crippen molar-refractivity contribution in [1.82, 2.24) is 0 Å². The topological polar surface area (TPSA) is 0 Å². The molecule has 0 heteroatoms. The molecule has 0 fully saturated rings. The van der Waals surface area contributed by atoms with Gasteiger partial charge in [-0.2, -0.15) is 0 Å². The van der Waals surface area contributed by atoms with Crippen molar-refractivity contribution in [2.24, 2.45) is 0 Å². The molecular formula is C21H30. The highest BCUT2D eigenvalue weighted by Gasteiger charge is 1.96. The van der Waals surface area contributed by atoms with Crippen LogP contribution in [0, 0.1) is 0 Å². The molecule has 114 valence electrons. The van der Waals surface area contributed by atoms with Gasteiger partial charge in [0.2, 0.25) is 0 Å². The normalized spacial score (nSPS) is 19.1. The van der Waals surface area contributed by atoms with Crippen LogP contribution in [0.2, 0.25) is 0 Å². The first kappa shape index (κ1) is 17.5. The van der Waals surface area contributed by atoms with Crippen LogP contribution in [0.4, 0.5) is 0 Å². The predicted molar refractivity (Wildman–Crippen MR) is 96.4 cm³/mol. The number of hydrogen-bond donors (Lipinski definition) is 0. The van der Waals surface area contributed by atoms with E-state index in [0.29, 0.717) is 0 Å². The van der Waals surface area contributed by atoms with Crippen molar-refractivity contribution in [3.8, 4) is 0 Å². The lowest BCUT2D eigenvalue weighted by Gasteiger charge is -1.87. The number of hydrogen-bond acceptors (Lipinski definition) is 0. The predicted octanol–water partition coefficient (Wildman–Crippen LogP) is 6.85. The smallest absolute Gasteiger partial charge is 0.0108 e. The van der Waals surface area contributed by atoms with Gasteiger partial charge in [-0.15, -0.1) is 0 Å². The molecule has 0 aliphatic heterocycles. The Hall–Kier alpha value is -1.56. The average Bonchev–Trinajstić information content (AvgIpc) is 3.06. The van der Waals surface area contributed by atoms with E-state index < -0.39 is 0 Å². The summed E-state index contributed by atoms with van der Waals surface area (Å²) < 4.78 is 0. The molecule has 0 nitrogen and oxygen atoms in total. The molecule has 0 bridgehead atoms. The summed E-state index contributed by atoms with van der Waals surface area (Å²) in [6.45, 7) is 12.9. The average molecular weight is 282 g/mol. The Labute approximate surface area is 131 Å². The number of rotatable bonds is 0. The second-order valence-corrected chi connectivity index (χ2v) is 6.49. The fourth-order valence-electron chi connectivity index (χ4n) is 2.50. The Morgan fingerprint density at radius 1 is 0.571 bits per heavy atom. The van der Waals surface area contributed by atoms with Crippen LogP contribution in [-0.2, 0) is 0 Å². The molecule has 3 rings (SSSR count). The lowest BCUT2D eigenvalue weighted by atomic mass is 10.2. The fourth-order valence-corrected chi connectivity index (χ4v) is 2.50. The fraction of sp³-hybridized carbons (Fsp3) is 0.429. The van der Waals surface area contributed by atoms with Crippen molar-refractivity contribution in [2.75, 3.05) is 0 Å². The van der Waals surface area contributed by atoms with Crippen LogP contribution in [0.3, 0.4) is 0 Å². The summed E-state index contributed by atoms with van der Waals surface area (Å²) >= 11 is 0. The van der Waals surface area contributed by atoms with E-state index in [2.05, 4.69) is 78.0 Å². The molecule has 0 aromatic rings. The zero-order valence-electron chi connectivity index (χ0n) is 14.6. The third kappa shape index (κ3) is 7.70. The first-order valence-electron chi connectivity index (χ1n) is 7.87. The summed E-state index contributed by atoms with van der Waals surface area (Å²) in [5, 5.41) is 0. The molecule has 0 aromatic carbocycles. The van der Waals surface area contributed by atoms with Gasteiger partial charge < -0.3 is 0 Å². The van der Waals surface area contributed by atoms with Crippen LogP contribution in [-0.4, -0.2) is 0 Å². The van der Waals surface area contributed by atoms with Gasteiger partial charge in [-0.05, 0) is 60.8 Å². The summed E-state index contributed by atoms with van der Waals surface area (Å²) in [4.78, 5) is 0. The Balaban J connectivity index is 0.000000157. The lowest BCUT2D eigenvalue weighted by Crippen LogP contribution is -1.67. The van der Waals surface area contributed by atoms with Crippen molar-refractivity contribution < 1.29 is 0 Å². The van der Waals surface area contributed by atoms with Gasteiger partial charge in [0.25, 0.3) is 0 Å². The second kappa shape index (κ2) is 8.67. The van der Waals surface area contributed by atoms with Crippen molar-refractivity contribution in [3.05, 3.63) is 69.9 Å². The highest BCUT2D eigenvalue weighted by Crippen LogP contribution is 2.16. The van der Waals surface area contributed by atoms with Gasteiger partial charge in [-0.25, -0.2) is 0 Å². The van der Waals surface area contributed by atoms with Crippen LogP contribution in [0.25, 0.3) is 0 Å². The zero-order valence-corrected chi connectivity index (χ0v) is 14.6. The van der Waals surface area contributed by atoms with Crippen LogP contribution >= 0.6 is 0 Å². The van der Waals surface area contributed by atoms with Gasteiger partial charge in [0.05, 0.1) is 0 Å². The molecule has 3 aliphatic rings. The Morgan fingerprint density at radius 2 is 0.952 bits per heavy atom. The zero-order chi connectivity index (χ0) is 15.8. The Morgan fingerprint density at radius 3 is 1.05 bits per heavy atom. The quantitative estimate of drug-likeness (QED) is 0.456. The summed E-state index contributed by atoms with van der Waals surface area (Å²) in [6, 6.07) is 0. The van der Waals surface area contributed by atoms with Gasteiger partial charge in [-0.1, -0.05) is 69.9 Å². The molecule has 0 heterocycles. The molecule has 3 aliphatic carbocycles. The number of allylic oxidation sites excluding steroid dienone is 12. The summed E-state index contributed by atoms with van der Waals surface area (Å²) in [5.74, 6) is 0. The van der Waals surface area contributed by atoms with Crippen LogP contribution < -0.4 is 0 Å². The Kier molecular flexibility index (Phi) is 7.22. The summed E-state index contributed by atoms with van der Waals surface area (Å²) in [5.41, 5.74) is 8.76. The van der Waals surface area contributed by atoms with Crippen molar-refractivity contribution in [3.63, 3.8) is 0 Å². The molecule has 0 unspecified atom stereocenters. The van der Waals surface area contributed by atoms with E-state index in [1.54, 1.807) is 0 Å². The summed E-state index contributed by atoms with van der Waals surface area (Å²) in [7, 11) is 0. The van der Waals surface area contributed by atoms with Crippen molar-refractivity contribution in [2.45, 2.75) is 60.8 Å². The van der Waals surface area contributed by atoms with Crippen LogP contribution in [0.1, 0.15) is 60.8 Å². The minimum Gasteiger partial charge on any atom is -0.0775 e. The van der Waals surface area contributed by atoms with E-state index >= 15 is 0 Å². The standard InChI is InChI=1S/3C7H10/c3*1-6-3-4-7(2)5-6/h2*3,5H,4H2,1-2H3;3-4H,5H2,1-2H3. The molecule has 0 radical (unpaired) electrons. The van der Waals surface area contributed by atoms with E-state index in [-0.39, 0.29) is 0 Å². The van der Waals surface area contributed by atoms with Crippen LogP contribution in [0.5, 0.6) is 0 Å². The van der Waals surface area contributed by atoms with E-state index in [1.807, 2.05) is 0 Å². The molecule has 0 atom stereocenters. The van der Waals surface area contributed by atoms with E-state index in [0.717, 1.165) is 0 Å². The van der Waals surface area contributed by atoms with Gasteiger partial charge in [0.1, 0.15) is 0 Å². The minimum absolute atomic E-state index is 1.17. The maximum Gasteiger partial charge on any atom is -0.0108 e. The molecular weight excluding hydrogens is 252 g/mol. The second-order valence-electron chi connectivity index (χ2n) is 6.49. The first-order chi connectivity index (χ1) is 9.86. The SMILES string of the molecule is CC1=CC=C(C)C1.CC1=CCC(C)=C1.CC1=CCC(C)=C1. The largest absolute Gasteiger partial charge is 0.0775 e.